The minimum atomic E-state index is -0.481. The van der Waals surface area contributed by atoms with Crippen molar-refractivity contribution >= 4 is 11.0 Å². The molecular weight excluding hydrogens is 231 g/mol. The maximum absolute atomic E-state index is 13.3. The van der Waals surface area contributed by atoms with Crippen molar-refractivity contribution in [3.05, 3.63) is 59.7 Å². The van der Waals surface area contributed by atoms with Crippen molar-refractivity contribution in [2.45, 2.75) is 6.42 Å². The molecule has 0 atom stereocenters. The zero-order valence-corrected chi connectivity index (χ0v) is 9.57. The molecule has 3 nitrogen and oxygen atoms in total. The Balaban J connectivity index is 1.98. The molecule has 0 fully saturated rings. The van der Waals surface area contributed by atoms with Crippen molar-refractivity contribution in [1.82, 2.24) is 9.97 Å². The molecule has 90 valence electrons. The number of fused-ring (bicyclic) bond motifs is 1. The van der Waals surface area contributed by atoms with Crippen LogP contribution in [-0.2, 0) is 6.42 Å². The van der Waals surface area contributed by atoms with E-state index >= 15 is 0 Å². The second kappa shape index (κ2) is 4.14. The summed E-state index contributed by atoms with van der Waals surface area (Å²) in [7, 11) is 0. The summed E-state index contributed by atoms with van der Waals surface area (Å²) in [6.45, 7) is 0. The van der Waals surface area contributed by atoms with Crippen LogP contribution in [0, 0.1) is 5.82 Å². The Labute approximate surface area is 103 Å². The Hall–Kier alpha value is -2.36. The van der Waals surface area contributed by atoms with Crippen molar-refractivity contribution in [3.63, 3.8) is 0 Å². The van der Waals surface area contributed by atoms with Crippen LogP contribution in [0.4, 0.5) is 4.39 Å². The van der Waals surface area contributed by atoms with Crippen LogP contribution in [0.2, 0.25) is 0 Å². The molecule has 0 spiro atoms. The van der Waals surface area contributed by atoms with Crippen LogP contribution in [0.3, 0.4) is 0 Å². The number of hydrogen-bond acceptors (Lipinski definition) is 1. The van der Waals surface area contributed by atoms with Crippen LogP contribution in [0.1, 0.15) is 11.1 Å². The van der Waals surface area contributed by atoms with E-state index in [0.29, 0.717) is 6.42 Å². The van der Waals surface area contributed by atoms with Gasteiger partial charge in [0.2, 0.25) is 5.82 Å². The Kier molecular flexibility index (Phi) is 2.48. The summed E-state index contributed by atoms with van der Waals surface area (Å²) in [5.74, 6) is -0.551. The van der Waals surface area contributed by atoms with E-state index in [1.165, 1.54) is 12.1 Å². The van der Waals surface area contributed by atoms with Crippen molar-refractivity contribution in [2.75, 3.05) is 0 Å². The van der Waals surface area contributed by atoms with Crippen LogP contribution in [0.25, 0.3) is 11.0 Å². The number of aromatic amines is 1. The summed E-state index contributed by atoms with van der Waals surface area (Å²) in [5, 5.41) is 8.35. The average molecular weight is 243 g/mol. The molecule has 0 saturated carbocycles. The molecule has 0 bridgehead atoms. The molecule has 0 aliphatic rings. The normalized spacial score (nSPS) is 10.9. The van der Waals surface area contributed by atoms with E-state index in [0.717, 1.165) is 22.2 Å². The molecule has 4 heteroatoms. The van der Waals surface area contributed by atoms with Gasteiger partial charge in [0.1, 0.15) is 5.65 Å². The van der Waals surface area contributed by atoms with Crippen molar-refractivity contribution < 1.29 is 9.50 Å². The number of aromatic nitrogens is 2. The summed E-state index contributed by atoms with van der Waals surface area (Å²) < 4.78 is 13.3. The number of nitrogens with zero attached hydrogens (tertiary/aromatic N) is 1. The second-order valence-electron chi connectivity index (χ2n) is 4.20. The molecule has 1 aromatic carbocycles. The topological polar surface area (TPSA) is 51.6 Å². The van der Waals surface area contributed by atoms with Gasteiger partial charge in [0.15, 0.2) is 0 Å². The number of pyridine rings is 1. The largest absolute Gasteiger partial charge is 0.591 e. The van der Waals surface area contributed by atoms with Gasteiger partial charge in [-0.05, 0) is 41.8 Å². The number of hydrogen-bond donors (Lipinski definition) is 1. The third-order valence-electron chi connectivity index (χ3n) is 2.96. The number of rotatable bonds is 2. The maximum Gasteiger partial charge on any atom is 0.290 e. The lowest BCUT2D eigenvalue weighted by molar-refractivity contribution is 0.432. The first-order chi connectivity index (χ1) is 8.74. The Morgan fingerprint density at radius 1 is 1.28 bits per heavy atom. The van der Waals surface area contributed by atoms with Crippen molar-refractivity contribution in [2.24, 2.45) is 0 Å². The molecular formula is C14H12FN2O+. The lowest BCUT2D eigenvalue weighted by atomic mass is 10.0. The molecule has 0 aliphatic heterocycles. The third kappa shape index (κ3) is 1.82. The first-order valence-corrected chi connectivity index (χ1v) is 5.65. The van der Waals surface area contributed by atoms with E-state index in [4.69, 9.17) is 5.11 Å². The summed E-state index contributed by atoms with van der Waals surface area (Å²) in [6.07, 6.45) is 4.25. The van der Waals surface area contributed by atoms with Crippen LogP contribution in [0.15, 0.2) is 42.7 Å². The standard InChI is InChI=1S/C14H11FN2O/c15-12-7-9(3-4-13(12)18)6-10-8-17-14-11(10)2-1-5-16-14/h1-5,7-8,18H,6H2,(H,16,17)/p+1. The Bertz CT molecular complexity index is 706. The van der Waals surface area contributed by atoms with Gasteiger partial charge in [0.05, 0.1) is 0 Å². The molecule has 2 aromatic heterocycles. The Morgan fingerprint density at radius 2 is 2.17 bits per heavy atom. The van der Waals surface area contributed by atoms with Gasteiger partial charge in [-0.3, -0.25) is 0 Å². The zero-order chi connectivity index (χ0) is 12.5. The van der Waals surface area contributed by atoms with Crippen LogP contribution in [-0.4, -0.2) is 15.1 Å². The highest BCUT2D eigenvalue weighted by Gasteiger charge is 2.08. The van der Waals surface area contributed by atoms with Crippen LogP contribution < -0.4 is 0 Å². The smallest absolute Gasteiger partial charge is 0.290 e. The first kappa shape index (κ1) is 10.8. The minimum Gasteiger partial charge on any atom is -0.591 e. The fourth-order valence-corrected chi connectivity index (χ4v) is 2.05. The Morgan fingerprint density at radius 3 is 3.00 bits per heavy atom. The van der Waals surface area contributed by atoms with E-state index in [-0.39, 0.29) is 5.75 Å². The molecule has 3 aromatic rings. The zero-order valence-electron chi connectivity index (χ0n) is 9.57. The molecule has 0 saturated heterocycles. The quantitative estimate of drug-likeness (QED) is 0.691. The molecule has 3 N–H and O–H groups in total. The fraction of sp³-hybridized carbons (Fsp3) is 0.0714. The van der Waals surface area contributed by atoms with Crippen LogP contribution >= 0.6 is 0 Å². The molecule has 0 aliphatic carbocycles. The summed E-state index contributed by atoms with van der Waals surface area (Å²) in [6, 6.07) is 8.55. The molecule has 0 unspecified atom stereocenters. The lowest BCUT2D eigenvalue weighted by Crippen LogP contribution is -1.88. The fourth-order valence-electron chi connectivity index (χ4n) is 2.05. The van der Waals surface area contributed by atoms with E-state index in [2.05, 4.69) is 9.97 Å². The number of nitrogens with one attached hydrogen (secondary N) is 1. The van der Waals surface area contributed by atoms with Gasteiger partial charge < -0.3 is 10.1 Å². The van der Waals surface area contributed by atoms with E-state index in [1.54, 1.807) is 12.3 Å². The second-order valence-corrected chi connectivity index (χ2v) is 4.20. The number of H-pyrrole nitrogens is 1. The molecule has 0 amide bonds. The third-order valence-corrected chi connectivity index (χ3v) is 2.96. The molecule has 0 radical (unpaired) electrons. The lowest BCUT2D eigenvalue weighted by Gasteiger charge is -2.00. The molecule has 18 heavy (non-hydrogen) atoms. The molecule has 2 heterocycles. The maximum atomic E-state index is 13.3. The van der Waals surface area contributed by atoms with E-state index in [1.807, 2.05) is 18.3 Å². The first-order valence-electron chi connectivity index (χ1n) is 5.65. The van der Waals surface area contributed by atoms with Gasteiger partial charge in [-0.15, -0.1) is 0 Å². The van der Waals surface area contributed by atoms with E-state index < -0.39 is 5.82 Å². The minimum absolute atomic E-state index is 0.0701. The van der Waals surface area contributed by atoms with Crippen LogP contribution in [0.5, 0.6) is 5.75 Å². The van der Waals surface area contributed by atoms with Gasteiger partial charge in [-0.25, -0.2) is 4.98 Å². The highest BCUT2D eigenvalue weighted by atomic mass is 19.1. The monoisotopic (exact) mass is 243 g/mol. The van der Waals surface area contributed by atoms with Gasteiger partial charge in [-0.1, -0.05) is 0 Å². The van der Waals surface area contributed by atoms with Crippen molar-refractivity contribution in [1.29, 1.82) is 0 Å². The summed E-state index contributed by atoms with van der Waals surface area (Å²) in [4.78, 5) is 7.31. The highest BCUT2D eigenvalue weighted by molar-refractivity contribution is 5.79. The van der Waals surface area contributed by atoms with E-state index in [9.17, 15) is 4.39 Å². The number of benzene rings is 1. The van der Waals surface area contributed by atoms with Gasteiger partial charge in [0, 0.05) is 23.8 Å². The highest BCUT2D eigenvalue weighted by Crippen LogP contribution is 2.22. The molecule has 3 rings (SSSR count). The number of halogens is 1. The predicted octanol–water partition coefficient (Wildman–Crippen LogP) is 2.73. The van der Waals surface area contributed by atoms with Gasteiger partial charge >= 0.3 is 0 Å². The summed E-state index contributed by atoms with van der Waals surface area (Å²) >= 11 is 0. The summed E-state index contributed by atoms with van der Waals surface area (Å²) in [5.41, 5.74) is 2.77. The predicted molar refractivity (Wildman–Crippen MR) is 68.4 cm³/mol. The SMILES string of the molecule is [OH2+]c1ccc(Cc2c[nH]c3ncccc23)cc1F. The van der Waals surface area contributed by atoms with Gasteiger partial charge in [0.25, 0.3) is 5.75 Å². The average Bonchev–Trinajstić information content (AvgIpc) is 2.78. The van der Waals surface area contributed by atoms with Gasteiger partial charge in [-0.2, -0.15) is 4.39 Å². The van der Waals surface area contributed by atoms with Crippen molar-refractivity contribution in [3.8, 4) is 5.75 Å².